The van der Waals surface area contributed by atoms with Crippen LogP contribution in [0.2, 0.25) is 5.02 Å². The number of methoxy groups -OCH3 is 1. The Kier molecular flexibility index (Phi) is 6.06. The van der Waals surface area contributed by atoms with Gasteiger partial charge < -0.3 is 10.1 Å². The predicted octanol–water partition coefficient (Wildman–Crippen LogP) is 3.51. The normalized spacial score (nSPS) is 14.0. The van der Waals surface area contributed by atoms with Gasteiger partial charge in [-0.05, 0) is 18.2 Å². The largest absolute Gasteiger partial charge is 0.495 e. The number of rotatable bonds is 5. The molecule has 1 aromatic carbocycles. The third-order valence-corrected chi connectivity index (χ3v) is 5.10. The number of aliphatic imine (C=N–C) groups is 1. The lowest BCUT2D eigenvalue weighted by Crippen LogP contribution is -2.12. The zero-order chi connectivity index (χ0) is 14.4. The summed E-state index contributed by atoms with van der Waals surface area (Å²) in [5.41, 5.74) is 0.679. The molecule has 0 saturated heterocycles. The molecule has 0 atom stereocenters. The Morgan fingerprint density at radius 2 is 2.45 bits per heavy atom. The number of ether oxygens (including phenoxy) is 1. The number of thioether (sulfide) groups is 2. The SMILES string of the molecule is COc1ccc(NC(=O)CCSC2=NCCS2)cc1Cl. The number of benzene rings is 1. The molecule has 0 radical (unpaired) electrons. The molecule has 1 N–H and O–H groups in total. The molecule has 108 valence electrons. The van der Waals surface area contributed by atoms with Crippen LogP contribution in [0.4, 0.5) is 5.69 Å². The van der Waals surface area contributed by atoms with E-state index in [-0.39, 0.29) is 5.91 Å². The summed E-state index contributed by atoms with van der Waals surface area (Å²) in [6.07, 6.45) is 0.452. The molecule has 0 aliphatic carbocycles. The van der Waals surface area contributed by atoms with Crippen LogP contribution < -0.4 is 10.1 Å². The van der Waals surface area contributed by atoms with E-state index in [9.17, 15) is 4.79 Å². The first-order valence-corrected chi connectivity index (χ1v) is 8.47. The molecule has 1 aliphatic rings. The molecule has 0 spiro atoms. The van der Waals surface area contributed by atoms with Crippen molar-refractivity contribution in [1.82, 2.24) is 0 Å². The summed E-state index contributed by atoms with van der Waals surface area (Å²) >= 11 is 9.40. The minimum atomic E-state index is -0.0256. The highest BCUT2D eigenvalue weighted by atomic mass is 35.5. The summed E-state index contributed by atoms with van der Waals surface area (Å²) in [4.78, 5) is 16.1. The van der Waals surface area contributed by atoms with E-state index < -0.39 is 0 Å². The molecule has 1 heterocycles. The van der Waals surface area contributed by atoms with E-state index in [4.69, 9.17) is 16.3 Å². The highest BCUT2D eigenvalue weighted by Gasteiger charge is 2.09. The van der Waals surface area contributed by atoms with Crippen molar-refractivity contribution < 1.29 is 9.53 Å². The van der Waals surface area contributed by atoms with Crippen molar-refractivity contribution in [3.8, 4) is 5.75 Å². The van der Waals surface area contributed by atoms with E-state index in [1.807, 2.05) is 0 Å². The van der Waals surface area contributed by atoms with E-state index in [0.29, 0.717) is 22.9 Å². The molecule has 1 aromatic rings. The van der Waals surface area contributed by atoms with Crippen LogP contribution in [0.15, 0.2) is 23.2 Å². The number of hydrogen-bond donors (Lipinski definition) is 1. The van der Waals surface area contributed by atoms with Gasteiger partial charge in [0, 0.05) is 23.6 Å². The standard InChI is InChI=1S/C13H15ClN2O2S2/c1-18-11-3-2-9(8-10(11)14)16-12(17)4-6-19-13-15-5-7-20-13/h2-3,8H,4-7H2,1H3,(H,16,17). The van der Waals surface area contributed by atoms with E-state index in [1.54, 1.807) is 48.8 Å². The van der Waals surface area contributed by atoms with Gasteiger partial charge in [-0.1, -0.05) is 35.1 Å². The summed E-state index contributed by atoms with van der Waals surface area (Å²) in [5.74, 6) is 2.36. The molecule has 1 aliphatic heterocycles. The third-order valence-electron chi connectivity index (χ3n) is 2.55. The highest BCUT2D eigenvalue weighted by molar-refractivity contribution is 8.39. The topological polar surface area (TPSA) is 50.7 Å². The van der Waals surface area contributed by atoms with Crippen LogP contribution in [0.25, 0.3) is 0 Å². The number of halogens is 1. The van der Waals surface area contributed by atoms with Crippen molar-refractivity contribution in [3.05, 3.63) is 23.2 Å². The molecule has 1 amide bonds. The molecular formula is C13H15ClN2O2S2. The van der Waals surface area contributed by atoms with Gasteiger partial charge in [0.05, 0.1) is 18.7 Å². The first kappa shape index (κ1) is 15.5. The Hall–Kier alpha value is -0.850. The van der Waals surface area contributed by atoms with E-state index >= 15 is 0 Å². The van der Waals surface area contributed by atoms with Gasteiger partial charge in [0.25, 0.3) is 0 Å². The smallest absolute Gasteiger partial charge is 0.225 e. The molecule has 0 unspecified atom stereocenters. The van der Waals surface area contributed by atoms with Crippen LogP contribution in [0, 0.1) is 0 Å². The Morgan fingerprint density at radius 1 is 1.60 bits per heavy atom. The number of nitrogens with zero attached hydrogens (tertiary/aromatic N) is 1. The van der Waals surface area contributed by atoms with Crippen molar-refractivity contribution in [3.63, 3.8) is 0 Å². The maximum Gasteiger partial charge on any atom is 0.225 e. The Labute approximate surface area is 131 Å². The van der Waals surface area contributed by atoms with Gasteiger partial charge >= 0.3 is 0 Å². The van der Waals surface area contributed by atoms with E-state index in [1.165, 1.54) is 0 Å². The summed E-state index contributed by atoms with van der Waals surface area (Å²) in [7, 11) is 1.56. The Balaban J connectivity index is 1.77. The van der Waals surface area contributed by atoms with Crippen molar-refractivity contribution in [2.75, 3.05) is 30.5 Å². The first-order valence-electron chi connectivity index (χ1n) is 6.12. The molecule has 4 nitrogen and oxygen atoms in total. The second-order valence-corrected chi connectivity index (χ2v) is 6.82. The van der Waals surface area contributed by atoms with Gasteiger partial charge in [0.2, 0.25) is 5.91 Å². The maximum atomic E-state index is 11.8. The van der Waals surface area contributed by atoms with Gasteiger partial charge in [0.15, 0.2) is 0 Å². The zero-order valence-electron chi connectivity index (χ0n) is 11.0. The van der Waals surface area contributed by atoms with E-state index in [2.05, 4.69) is 10.3 Å². The van der Waals surface area contributed by atoms with Crippen molar-refractivity contribution in [2.24, 2.45) is 4.99 Å². The number of carbonyl (C=O) groups is 1. The summed E-state index contributed by atoms with van der Waals surface area (Å²) in [5, 5.41) is 3.30. The minimum absolute atomic E-state index is 0.0256. The van der Waals surface area contributed by atoms with Crippen molar-refractivity contribution >= 4 is 51.1 Å². The lowest BCUT2D eigenvalue weighted by molar-refractivity contribution is -0.115. The number of nitrogens with one attached hydrogen (secondary N) is 1. The number of hydrogen-bond acceptors (Lipinski definition) is 5. The molecule has 0 bridgehead atoms. The van der Waals surface area contributed by atoms with Gasteiger partial charge in [-0.2, -0.15) is 0 Å². The summed E-state index contributed by atoms with van der Waals surface area (Å²) < 4.78 is 6.15. The van der Waals surface area contributed by atoms with Crippen LogP contribution in [0.1, 0.15) is 6.42 Å². The molecular weight excluding hydrogens is 316 g/mol. The van der Waals surface area contributed by atoms with Crippen LogP contribution in [0.5, 0.6) is 5.75 Å². The third kappa shape index (κ3) is 4.61. The zero-order valence-corrected chi connectivity index (χ0v) is 13.4. The lowest BCUT2D eigenvalue weighted by atomic mass is 10.3. The quantitative estimate of drug-likeness (QED) is 0.897. The van der Waals surface area contributed by atoms with Gasteiger partial charge in [0.1, 0.15) is 10.1 Å². The van der Waals surface area contributed by atoms with Crippen LogP contribution in [0.3, 0.4) is 0 Å². The summed E-state index contributed by atoms with van der Waals surface area (Å²) in [6.45, 7) is 0.892. The lowest BCUT2D eigenvalue weighted by Gasteiger charge is -2.08. The summed E-state index contributed by atoms with van der Waals surface area (Å²) in [6, 6.07) is 5.19. The van der Waals surface area contributed by atoms with Crippen molar-refractivity contribution in [1.29, 1.82) is 0 Å². The minimum Gasteiger partial charge on any atom is -0.495 e. The second kappa shape index (κ2) is 7.81. The maximum absolute atomic E-state index is 11.8. The first-order chi connectivity index (χ1) is 9.69. The van der Waals surface area contributed by atoms with Crippen LogP contribution in [-0.4, -0.2) is 35.4 Å². The fourth-order valence-corrected chi connectivity index (χ4v) is 3.88. The number of anilines is 1. The molecule has 0 aromatic heterocycles. The fourth-order valence-electron chi connectivity index (χ4n) is 1.60. The van der Waals surface area contributed by atoms with E-state index in [0.717, 1.165) is 22.4 Å². The number of amides is 1. The van der Waals surface area contributed by atoms with Gasteiger partial charge in [-0.25, -0.2) is 0 Å². The number of carbonyl (C=O) groups excluding carboxylic acids is 1. The fraction of sp³-hybridized carbons (Fsp3) is 0.385. The molecule has 2 rings (SSSR count). The highest BCUT2D eigenvalue weighted by Crippen LogP contribution is 2.27. The van der Waals surface area contributed by atoms with Crippen LogP contribution in [-0.2, 0) is 4.79 Å². The average Bonchev–Trinajstić information content (AvgIpc) is 2.92. The molecule has 7 heteroatoms. The second-order valence-electron chi connectivity index (χ2n) is 3.99. The van der Waals surface area contributed by atoms with Crippen molar-refractivity contribution in [2.45, 2.75) is 6.42 Å². The van der Waals surface area contributed by atoms with Gasteiger partial charge in [-0.3, -0.25) is 9.79 Å². The average molecular weight is 331 g/mol. The van der Waals surface area contributed by atoms with Crippen LogP contribution >= 0.6 is 35.1 Å². The molecule has 0 fully saturated rings. The molecule has 20 heavy (non-hydrogen) atoms. The monoisotopic (exact) mass is 330 g/mol. The predicted molar refractivity (Wildman–Crippen MR) is 88.5 cm³/mol. The van der Waals surface area contributed by atoms with Gasteiger partial charge in [-0.15, -0.1) is 0 Å². The molecule has 0 saturated carbocycles. The Morgan fingerprint density at radius 3 is 3.10 bits per heavy atom. The Bertz CT molecular complexity index is 523.